The number of ether oxygens (including phenoxy) is 2. The number of nitrogen functional groups attached to an aromatic ring is 1. The molecule has 1 spiro atoms. The molecule has 5 aliphatic rings. The van der Waals surface area contributed by atoms with Crippen LogP contribution in [0.25, 0.3) is 0 Å². The van der Waals surface area contributed by atoms with Crippen molar-refractivity contribution in [3.05, 3.63) is 40.6 Å². The lowest BCUT2D eigenvalue weighted by molar-refractivity contribution is -0.0856. The molecule has 39 heavy (non-hydrogen) atoms. The minimum atomic E-state index is -0.805. The van der Waals surface area contributed by atoms with Crippen LogP contribution in [-0.4, -0.2) is 70.1 Å². The van der Waals surface area contributed by atoms with Crippen LogP contribution in [0, 0.1) is 0 Å². The third-order valence-electron chi connectivity index (χ3n) is 9.85. The number of piperidine rings is 1. The molecule has 2 aromatic rings. The van der Waals surface area contributed by atoms with Crippen LogP contribution in [0.15, 0.2) is 18.2 Å². The van der Waals surface area contributed by atoms with Crippen molar-refractivity contribution in [2.45, 2.75) is 94.2 Å². The molecule has 4 aliphatic heterocycles. The monoisotopic (exact) mass is 537 g/mol. The Balaban J connectivity index is 1.25. The second-order valence-corrected chi connectivity index (χ2v) is 12.9. The van der Waals surface area contributed by atoms with Crippen LogP contribution in [0.5, 0.6) is 6.01 Å². The Labute approximate surface area is 229 Å². The van der Waals surface area contributed by atoms with Crippen LogP contribution in [0.2, 0.25) is 0 Å². The van der Waals surface area contributed by atoms with E-state index in [2.05, 4.69) is 21.9 Å². The van der Waals surface area contributed by atoms with Crippen molar-refractivity contribution >= 4 is 11.5 Å². The van der Waals surface area contributed by atoms with Crippen molar-refractivity contribution in [3.8, 4) is 6.01 Å². The number of alkyl halides is 1. The number of β-amino-alcohol motifs (C(OH)–C–C–N with tert-alkyl or cyclic N) is 1. The van der Waals surface area contributed by atoms with Gasteiger partial charge in [0.15, 0.2) is 0 Å². The Hall–Kier alpha value is -2.49. The molecule has 1 aromatic carbocycles. The Bertz CT molecular complexity index is 1270. The van der Waals surface area contributed by atoms with Gasteiger partial charge in [-0.3, -0.25) is 4.90 Å². The van der Waals surface area contributed by atoms with Gasteiger partial charge >= 0.3 is 6.01 Å². The van der Waals surface area contributed by atoms with Gasteiger partial charge in [0.1, 0.15) is 18.6 Å². The van der Waals surface area contributed by atoms with E-state index in [4.69, 9.17) is 25.2 Å². The van der Waals surface area contributed by atoms with Crippen LogP contribution in [-0.2, 0) is 29.8 Å². The number of anilines is 2. The van der Waals surface area contributed by atoms with Crippen LogP contribution < -0.4 is 15.4 Å². The molecule has 1 aromatic heterocycles. The topological polar surface area (TPSA) is 97.0 Å². The number of nitrogens with two attached hydrogens (primary N) is 1. The molecule has 0 bridgehead atoms. The lowest BCUT2D eigenvalue weighted by Gasteiger charge is -2.44. The molecule has 0 radical (unpaired) electrons. The minimum Gasteiger partial charge on any atom is -0.461 e. The fourth-order valence-corrected chi connectivity index (χ4v) is 7.96. The first-order valence-electron chi connectivity index (χ1n) is 14.7. The van der Waals surface area contributed by atoms with E-state index in [-0.39, 0.29) is 5.54 Å². The molecule has 8 nitrogen and oxygen atoms in total. The van der Waals surface area contributed by atoms with Crippen LogP contribution in [0.4, 0.5) is 15.9 Å². The number of aryl methyl sites for hydroxylation is 1. The van der Waals surface area contributed by atoms with Gasteiger partial charge in [0.2, 0.25) is 0 Å². The summed E-state index contributed by atoms with van der Waals surface area (Å²) in [5.41, 5.74) is 9.83. The standard InChI is InChI=1S/C30H40FN5O3/c1-28(37)8-3-11-35(18-28)26-23-17-39-30(10-2-5-20-6-7-22(32)13-24(20)30)15-25(23)33-27(34-26)38-19-29-9-4-12-36(29)16-21(31)14-29/h6-7,13,21,37H,2-5,8-12,14-19,32H2,1H3/t21-,28-,29+,30-/m1/s1. The number of benzene rings is 1. The van der Waals surface area contributed by atoms with Crippen molar-refractivity contribution in [3.63, 3.8) is 0 Å². The van der Waals surface area contributed by atoms with Crippen LogP contribution in [0.1, 0.15) is 74.3 Å². The Morgan fingerprint density at radius 3 is 2.92 bits per heavy atom. The number of nitrogens with zero attached hydrogens (tertiary/aromatic N) is 4. The van der Waals surface area contributed by atoms with Gasteiger partial charge in [-0.05, 0) is 81.7 Å². The average molecular weight is 538 g/mol. The highest BCUT2D eigenvalue weighted by atomic mass is 19.1. The molecule has 0 saturated carbocycles. The first-order valence-corrected chi connectivity index (χ1v) is 14.7. The summed E-state index contributed by atoms with van der Waals surface area (Å²) in [6, 6.07) is 6.52. The molecule has 3 N–H and O–H groups in total. The lowest BCUT2D eigenvalue weighted by Crippen LogP contribution is -2.47. The Morgan fingerprint density at radius 2 is 2.05 bits per heavy atom. The zero-order valence-electron chi connectivity index (χ0n) is 22.9. The van der Waals surface area contributed by atoms with Crippen LogP contribution in [0.3, 0.4) is 0 Å². The predicted octanol–water partition coefficient (Wildman–Crippen LogP) is 3.67. The molecule has 4 atom stereocenters. The zero-order chi connectivity index (χ0) is 26.8. The summed E-state index contributed by atoms with van der Waals surface area (Å²) < 4.78 is 27.5. The molecule has 9 heteroatoms. The SMILES string of the molecule is C[C@@]1(O)CCCN(c2nc(OC[C@@]34CCCN3C[C@H](F)C4)nc3c2CO[C@]2(CCCc4ccc(N)cc42)C3)C1. The van der Waals surface area contributed by atoms with E-state index in [9.17, 15) is 9.50 Å². The second-order valence-electron chi connectivity index (χ2n) is 12.9. The predicted molar refractivity (Wildman–Crippen MR) is 147 cm³/mol. The minimum absolute atomic E-state index is 0.266. The average Bonchev–Trinajstić information content (AvgIpc) is 3.42. The third kappa shape index (κ3) is 4.46. The normalized spacial score (nSPS) is 34.1. The highest BCUT2D eigenvalue weighted by Gasteiger charge is 2.50. The van der Waals surface area contributed by atoms with E-state index >= 15 is 0 Å². The quantitative estimate of drug-likeness (QED) is 0.571. The van der Waals surface area contributed by atoms with E-state index in [0.29, 0.717) is 45.2 Å². The molecule has 3 saturated heterocycles. The first kappa shape index (κ1) is 25.5. The third-order valence-corrected chi connectivity index (χ3v) is 9.85. The van der Waals surface area contributed by atoms with E-state index in [1.54, 1.807) is 0 Å². The largest absolute Gasteiger partial charge is 0.461 e. The van der Waals surface area contributed by atoms with Gasteiger partial charge in [0.05, 0.1) is 29.0 Å². The maximum absolute atomic E-state index is 14.4. The maximum Gasteiger partial charge on any atom is 0.318 e. The van der Waals surface area contributed by atoms with E-state index < -0.39 is 17.4 Å². The highest BCUT2D eigenvalue weighted by molar-refractivity contribution is 5.54. The summed E-state index contributed by atoms with van der Waals surface area (Å²) in [4.78, 5) is 14.3. The van der Waals surface area contributed by atoms with Crippen molar-refractivity contribution in [1.29, 1.82) is 0 Å². The molecule has 3 fully saturated rings. The number of hydrogen-bond donors (Lipinski definition) is 2. The fourth-order valence-electron chi connectivity index (χ4n) is 7.96. The lowest BCUT2D eigenvalue weighted by atomic mass is 9.74. The summed E-state index contributed by atoms with van der Waals surface area (Å²) in [6.45, 7) is 5.41. The number of hydrogen-bond acceptors (Lipinski definition) is 8. The molecule has 7 rings (SSSR count). The Morgan fingerprint density at radius 1 is 1.18 bits per heavy atom. The van der Waals surface area contributed by atoms with Crippen LogP contribution >= 0.6 is 0 Å². The molecule has 5 heterocycles. The smallest absolute Gasteiger partial charge is 0.318 e. The highest BCUT2D eigenvalue weighted by Crippen LogP contribution is 2.47. The molecular formula is C30H40FN5O3. The van der Waals surface area contributed by atoms with Crippen molar-refractivity contribution in [2.75, 3.05) is 43.4 Å². The van der Waals surface area contributed by atoms with Gasteiger partial charge in [-0.1, -0.05) is 6.07 Å². The first-order chi connectivity index (χ1) is 18.7. The number of fused-ring (bicyclic) bond motifs is 4. The summed E-state index contributed by atoms with van der Waals surface area (Å²) in [7, 11) is 0. The maximum atomic E-state index is 14.4. The second kappa shape index (κ2) is 9.28. The molecule has 1 aliphatic carbocycles. The molecule has 0 amide bonds. The summed E-state index contributed by atoms with van der Waals surface area (Å²) >= 11 is 0. The number of aliphatic hydroxyl groups is 1. The number of aromatic nitrogens is 2. The fraction of sp³-hybridized carbons (Fsp3) is 0.667. The van der Waals surface area contributed by atoms with Gasteiger partial charge in [0.25, 0.3) is 0 Å². The van der Waals surface area contributed by atoms with Gasteiger partial charge in [-0.25, -0.2) is 4.39 Å². The van der Waals surface area contributed by atoms with E-state index in [0.717, 1.165) is 80.8 Å². The van der Waals surface area contributed by atoms with Gasteiger partial charge in [-0.2, -0.15) is 9.97 Å². The van der Waals surface area contributed by atoms with E-state index in [1.165, 1.54) is 11.1 Å². The van der Waals surface area contributed by atoms with Gasteiger partial charge in [0, 0.05) is 43.7 Å². The summed E-state index contributed by atoms with van der Waals surface area (Å²) in [5.74, 6) is 0.795. The number of halogens is 1. The summed E-state index contributed by atoms with van der Waals surface area (Å²) in [5, 5.41) is 10.9. The van der Waals surface area contributed by atoms with Crippen molar-refractivity contribution in [1.82, 2.24) is 14.9 Å². The number of rotatable bonds is 4. The van der Waals surface area contributed by atoms with Crippen molar-refractivity contribution in [2.24, 2.45) is 0 Å². The summed E-state index contributed by atoms with van der Waals surface area (Å²) in [6.07, 6.45) is 6.96. The molecular weight excluding hydrogens is 497 g/mol. The zero-order valence-corrected chi connectivity index (χ0v) is 22.9. The van der Waals surface area contributed by atoms with Crippen molar-refractivity contribution < 1.29 is 19.0 Å². The van der Waals surface area contributed by atoms with E-state index in [1.807, 2.05) is 13.0 Å². The van der Waals surface area contributed by atoms with Gasteiger partial charge in [-0.15, -0.1) is 0 Å². The Kier molecular flexibility index (Phi) is 6.06. The van der Waals surface area contributed by atoms with Gasteiger partial charge < -0.3 is 25.2 Å². The molecule has 0 unspecified atom stereocenters. The molecule has 210 valence electrons.